The molecule has 1 saturated heterocycles. The number of nitrogens with two attached hydrogens (primary N) is 1. The summed E-state index contributed by atoms with van der Waals surface area (Å²) < 4.78 is 18.9. The number of nitrogens with zero attached hydrogens (tertiary/aromatic N) is 3. The Morgan fingerprint density at radius 1 is 1.12 bits per heavy atom. The number of hydrogen-bond donors (Lipinski definition) is 1. The van der Waals surface area contributed by atoms with Crippen LogP contribution in [0.4, 0.5) is 10.2 Å². The summed E-state index contributed by atoms with van der Waals surface area (Å²) in [6.45, 7) is 5.04. The summed E-state index contributed by atoms with van der Waals surface area (Å²) in [4.78, 5) is 4.75. The van der Waals surface area contributed by atoms with Crippen LogP contribution in [0.5, 0.6) is 0 Å². The van der Waals surface area contributed by atoms with Crippen LogP contribution in [0.15, 0.2) is 22.7 Å². The Kier molecular flexibility index (Phi) is 6.37. The van der Waals surface area contributed by atoms with Crippen LogP contribution >= 0.6 is 12.4 Å². The topological polar surface area (TPSA) is 58.5 Å². The van der Waals surface area contributed by atoms with Gasteiger partial charge < -0.3 is 15.2 Å². The molecule has 2 fully saturated rings. The first kappa shape index (κ1) is 19.4. The molecule has 2 aromatic rings. The van der Waals surface area contributed by atoms with Crippen LogP contribution < -0.4 is 10.6 Å². The van der Waals surface area contributed by atoms with Gasteiger partial charge in [0.1, 0.15) is 5.82 Å². The monoisotopic (exact) mass is 382 g/mol. The zero-order valence-corrected chi connectivity index (χ0v) is 15.9. The Balaban J connectivity index is 0.00000196. The van der Waals surface area contributed by atoms with Gasteiger partial charge in [-0.15, -0.1) is 12.4 Å². The minimum Gasteiger partial charge on any atom is -0.354 e. The Morgan fingerprint density at radius 2 is 1.85 bits per heavy atom. The van der Waals surface area contributed by atoms with Crippen LogP contribution in [0, 0.1) is 11.7 Å². The van der Waals surface area contributed by atoms with Crippen LogP contribution in [0.25, 0.3) is 11.0 Å². The van der Waals surface area contributed by atoms with Gasteiger partial charge in [0.2, 0.25) is 0 Å². The number of rotatable bonds is 4. The van der Waals surface area contributed by atoms with Gasteiger partial charge in [-0.3, -0.25) is 4.90 Å². The van der Waals surface area contributed by atoms with Gasteiger partial charge in [0.05, 0.1) is 5.39 Å². The summed E-state index contributed by atoms with van der Waals surface area (Å²) in [5.41, 5.74) is 6.64. The van der Waals surface area contributed by atoms with Crippen molar-refractivity contribution in [2.75, 3.05) is 37.6 Å². The normalized spacial score (nSPS) is 24.6. The number of piperazine rings is 1. The van der Waals surface area contributed by atoms with E-state index in [4.69, 9.17) is 10.3 Å². The van der Waals surface area contributed by atoms with Crippen molar-refractivity contribution in [2.45, 2.75) is 38.1 Å². The number of benzene rings is 1. The van der Waals surface area contributed by atoms with Gasteiger partial charge in [-0.05, 0) is 62.8 Å². The minimum atomic E-state index is -0.247. The maximum Gasteiger partial charge on any atom is 0.180 e. The van der Waals surface area contributed by atoms with Gasteiger partial charge in [0.25, 0.3) is 0 Å². The highest BCUT2D eigenvalue weighted by molar-refractivity contribution is 5.88. The van der Waals surface area contributed by atoms with E-state index in [-0.39, 0.29) is 18.2 Å². The van der Waals surface area contributed by atoms with Gasteiger partial charge in [-0.25, -0.2) is 4.39 Å². The van der Waals surface area contributed by atoms with Crippen LogP contribution in [0.1, 0.15) is 32.1 Å². The van der Waals surface area contributed by atoms with E-state index in [9.17, 15) is 4.39 Å². The highest BCUT2D eigenvalue weighted by atomic mass is 35.5. The molecule has 7 heteroatoms. The summed E-state index contributed by atoms with van der Waals surface area (Å²) in [7, 11) is 0. The predicted molar refractivity (Wildman–Crippen MR) is 104 cm³/mol. The molecule has 0 bridgehead atoms. The number of hydrogen-bond acceptors (Lipinski definition) is 5. The molecule has 0 atom stereocenters. The Hall–Kier alpha value is -1.37. The van der Waals surface area contributed by atoms with Crippen molar-refractivity contribution in [3.05, 3.63) is 24.0 Å². The fourth-order valence-corrected chi connectivity index (χ4v) is 4.15. The van der Waals surface area contributed by atoms with E-state index in [1.54, 1.807) is 6.07 Å². The highest BCUT2D eigenvalue weighted by Crippen LogP contribution is 2.28. The average Bonchev–Trinajstić information content (AvgIpc) is 3.05. The molecular weight excluding hydrogens is 355 g/mol. The summed E-state index contributed by atoms with van der Waals surface area (Å²) in [5, 5.41) is 4.94. The van der Waals surface area contributed by atoms with E-state index in [1.165, 1.54) is 50.8 Å². The molecule has 1 aromatic carbocycles. The summed E-state index contributed by atoms with van der Waals surface area (Å²) in [6.07, 6.45) is 6.24. The molecule has 4 rings (SSSR count). The third-order valence-electron chi connectivity index (χ3n) is 5.83. The second-order valence-corrected chi connectivity index (χ2v) is 7.54. The van der Waals surface area contributed by atoms with E-state index < -0.39 is 0 Å². The van der Waals surface area contributed by atoms with Crippen molar-refractivity contribution in [1.82, 2.24) is 10.1 Å². The molecule has 2 heterocycles. The second kappa shape index (κ2) is 8.55. The molecule has 2 aliphatic rings. The Bertz CT molecular complexity index is 709. The highest BCUT2D eigenvalue weighted by Gasteiger charge is 2.23. The molecular formula is C19H28ClFN4O. The first-order valence-corrected chi connectivity index (χ1v) is 9.47. The number of halogens is 2. The number of fused-ring (bicyclic) bond motifs is 1. The molecule has 26 heavy (non-hydrogen) atoms. The first-order valence-electron chi connectivity index (χ1n) is 9.47. The maximum atomic E-state index is 13.5. The van der Waals surface area contributed by atoms with Gasteiger partial charge in [-0.1, -0.05) is 5.16 Å². The molecule has 1 saturated carbocycles. The van der Waals surface area contributed by atoms with Gasteiger partial charge >= 0.3 is 0 Å². The third kappa shape index (κ3) is 4.30. The van der Waals surface area contributed by atoms with Gasteiger partial charge in [0.15, 0.2) is 11.4 Å². The van der Waals surface area contributed by atoms with Crippen molar-refractivity contribution >= 4 is 29.2 Å². The molecule has 2 N–H and O–H groups in total. The summed E-state index contributed by atoms with van der Waals surface area (Å²) in [6, 6.07) is 5.00. The second-order valence-electron chi connectivity index (χ2n) is 7.54. The van der Waals surface area contributed by atoms with Crippen molar-refractivity contribution in [3.63, 3.8) is 0 Å². The number of anilines is 1. The SMILES string of the molecule is Cl.NC1CCC(CCN2CCN(c3noc4ccc(F)cc34)CC2)CC1. The maximum absolute atomic E-state index is 13.5. The Labute approximate surface area is 160 Å². The van der Waals surface area contributed by atoms with Crippen LogP contribution in [0.2, 0.25) is 0 Å². The largest absolute Gasteiger partial charge is 0.354 e. The average molecular weight is 383 g/mol. The molecule has 1 aromatic heterocycles. The summed E-state index contributed by atoms with van der Waals surface area (Å²) in [5.74, 6) is 1.37. The van der Waals surface area contributed by atoms with Crippen LogP contribution in [0.3, 0.4) is 0 Å². The van der Waals surface area contributed by atoms with Crippen molar-refractivity contribution in [1.29, 1.82) is 0 Å². The van der Waals surface area contributed by atoms with Crippen LogP contribution in [-0.4, -0.2) is 48.8 Å². The van der Waals surface area contributed by atoms with Crippen LogP contribution in [-0.2, 0) is 0 Å². The third-order valence-corrected chi connectivity index (χ3v) is 5.83. The van der Waals surface area contributed by atoms with Crippen molar-refractivity contribution < 1.29 is 8.91 Å². The standard InChI is InChI=1S/C19H27FN4O.ClH/c20-15-3-6-18-17(13-15)19(22-25-18)24-11-9-23(10-12-24)8-7-14-1-4-16(21)5-2-14;/h3,6,13-14,16H,1-2,4-5,7-12,21H2;1H. The molecule has 5 nitrogen and oxygen atoms in total. The lowest BCUT2D eigenvalue weighted by molar-refractivity contribution is 0.216. The Morgan fingerprint density at radius 3 is 2.58 bits per heavy atom. The quantitative estimate of drug-likeness (QED) is 0.878. The minimum absolute atomic E-state index is 0. The van der Waals surface area contributed by atoms with E-state index in [0.29, 0.717) is 11.6 Å². The lowest BCUT2D eigenvalue weighted by Gasteiger charge is -2.36. The van der Waals surface area contributed by atoms with Crippen molar-refractivity contribution in [2.24, 2.45) is 11.7 Å². The van der Waals surface area contributed by atoms with Crippen molar-refractivity contribution in [3.8, 4) is 0 Å². The molecule has 0 amide bonds. The van der Waals surface area contributed by atoms with E-state index in [2.05, 4.69) is 15.0 Å². The molecule has 0 unspecified atom stereocenters. The lowest BCUT2D eigenvalue weighted by atomic mass is 9.84. The molecule has 1 aliphatic carbocycles. The lowest BCUT2D eigenvalue weighted by Crippen LogP contribution is -2.47. The molecule has 1 aliphatic heterocycles. The molecule has 144 valence electrons. The first-order chi connectivity index (χ1) is 12.2. The molecule has 0 spiro atoms. The van der Waals surface area contributed by atoms with Gasteiger partial charge in [0, 0.05) is 32.2 Å². The van der Waals surface area contributed by atoms with E-state index >= 15 is 0 Å². The molecule has 0 radical (unpaired) electrons. The number of aromatic nitrogens is 1. The fourth-order valence-electron chi connectivity index (χ4n) is 4.15. The van der Waals surface area contributed by atoms with E-state index in [1.807, 2.05) is 0 Å². The van der Waals surface area contributed by atoms with Gasteiger partial charge in [-0.2, -0.15) is 0 Å². The zero-order valence-electron chi connectivity index (χ0n) is 15.1. The zero-order chi connectivity index (χ0) is 17.2. The summed E-state index contributed by atoms with van der Waals surface area (Å²) >= 11 is 0. The predicted octanol–water partition coefficient (Wildman–Crippen LogP) is 3.42. The fraction of sp³-hybridized carbons (Fsp3) is 0.632. The van der Waals surface area contributed by atoms with E-state index in [0.717, 1.165) is 43.3 Å². The smallest absolute Gasteiger partial charge is 0.180 e.